The molecule has 0 aromatic carbocycles. The zero-order valence-electron chi connectivity index (χ0n) is 8.98. The maximum atomic E-state index is 11.3. The molecule has 0 aromatic rings. The van der Waals surface area contributed by atoms with E-state index in [0.717, 1.165) is 25.9 Å². The van der Waals surface area contributed by atoms with Gasteiger partial charge in [-0.3, -0.25) is 4.79 Å². The number of ether oxygens (including phenoxy) is 2. The molecule has 2 N–H and O–H groups in total. The van der Waals surface area contributed by atoms with Crippen molar-refractivity contribution in [3.05, 3.63) is 12.7 Å². The minimum atomic E-state index is -0.592. The molecule has 4 heteroatoms. The van der Waals surface area contributed by atoms with Crippen LogP contribution in [0.15, 0.2) is 12.7 Å². The van der Waals surface area contributed by atoms with Crippen LogP contribution >= 0.6 is 0 Å². The van der Waals surface area contributed by atoms with Crippen LogP contribution in [0.4, 0.5) is 0 Å². The van der Waals surface area contributed by atoms with Crippen LogP contribution in [0.25, 0.3) is 0 Å². The van der Waals surface area contributed by atoms with Crippen molar-refractivity contribution < 1.29 is 14.3 Å². The lowest BCUT2D eigenvalue weighted by Crippen LogP contribution is -2.34. The second-order valence-electron chi connectivity index (χ2n) is 3.75. The van der Waals surface area contributed by atoms with Gasteiger partial charge in [0.15, 0.2) is 0 Å². The quantitative estimate of drug-likeness (QED) is 0.546. The summed E-state index contributed by atoms with van der Waals surface area (Å²) < 4.78 is 10.5. The number of rotatable bonds is 5. The molecule has 0 spiro atoms. The van der Waals surface area contributed by atoms with Gasteiger partial charge in [-0.15, -0.1) is 6.58 Å². The first-order valence-corrected chi connectivity index (χ1v) is 5.38. The first kappa shape index (κ1) is 12.2. The van der Waals surface area contributed by atoms with Crippen molar-refractivity contribution in [3.8, 4) is 0 Å². The van der Waals surface area contributed by atoms with Crippen LogP contribution in [-0.4, -0.2) is 31.3 Å². The van der Waals surface area contributed by atoms with E-state index in [0.29, 0.717) is 13.0 Å². The van der Waals surface area contributed by atoms with E-state index in [1.807, 2.05) is 0 Å². The first-order chi connectivity index (χ1) is 7.24. The summed E-state index contributed by atoms with van der Waals surface area (Å²) in [5.74, 6) is -0.371. The highest BCUT2D eigenvalue weighted by atomic mass is 16.6. The van der Waals surface area contributed by atoms with E-state index in [9.17, 15) is 4.79 Å². The second kappa shape index (κ2) is 6.58. The van der Waals surface area contributed by atoms with Crippen LogP contribution in [0.1, 0.15) is 25.7 Å². The lowest BCUT2D eigenvalue weighted by molar-refractivity contribution is -0.150. The van der Waals surface area contributed by atoms with Gasteiger partial charge in [0.25, 0.3) is 0 Å². The van der Waals surface area contributed by atoms with Crippen LogP contribution in [0, 0.1) is 0 Å². The Morgan fingerprint density at radius 3 is 3.07 bits per heavy atom. The number of carbonyl (C=O) groups is 1. The predicted molar refractivity (Wildman–Crippen MR) is 57.3 cm³/mol. The molecule has 2 unspecified atom stereocenters. The summed E-state index contributed by atoms with van der Waals surface area (Å²) in [5.41, 5.74) is 5.56. The Morgan fingerprint density at radius 2 is 2.47 bits per heavy atom. The molecule has 0 bridgehead atoms. The number of carbonyl (C=O) groups excluding carboxylic acids is 1. The van der Waals surface area contributed by atoms with Crippen molar-refractivity contribution in [1.82, 2.24) is 0 Å². The van der Waals surface area contributed by atoms with Crippen LogP contribution in [0.5, 0.6) is 0 Å². The highest BCUT2D eigenvalue weighted by Crippen LogP contribution is 2.12. The average molecular weight is 213 g/mol. The molecule has 15 heavy (non-hydrogen) atoms. The summed E-state index contributed by atoms with van der Waals surface area (Å²) in [4.78, 5) is 11.3. The van der Waals surface area contributed by atoms with Crippen molar-refractivity contribution in [2.45, 2.75) is 37.8 Å². The Kier molecular flexibility index (Phi) is 5.36. The fraction of sp³-hybridized carbons (Fsp3) is 0.727. The third kappa shape index (κ3) is 4.44. The Labute approximate surface area is 90.4 Å². The molecule has 1 aliphatic rings. The Morgan fingerprint density at radius 1 is 1.67 bits per heavy atom. The topological polar surface area (TPSA) is 61.6 Å². The second-order valence-corrected chi connectivity index (χ2v) is 3.75. The molecular formula is C11H19NO3. The maximum Gasteiger partial charge on any atom is 0.323 e. The molecule has 4 nitrogen and oxygen atoms in total. The summed E-state index contributed by atoms with van der Waals surface area (Å²) >= 11 is 0. The number of hydrogen-bond donors (Lipinski definition) is 1. The van der Waals surface area contributed by atoms with Gasteiger partial charge in [0, 0.05) is 6.61 Å². The van der Waals surface area contributed by atoms with Crippen LogP contribution in [-0.2, 0) is 14.3 Å². The van der Waals surface area contributed by atoms with E-state index in [2.05, 4.69) is 6.58 Å². The molecule has 1 saturated heterocycles. The van der Waals surface area contributed by atoms with E-state index in [1.54, 1.807) is 6.08 Å². The Balaban J connectivity index is 2.17. The lowest BCUT2D eigenvalue weighted by Gasteiger charge is -2.22. The molecule has 0 aliphatic carbocycles. The van der Waals surface area contributed by atoms with Gasteiger partial charge in [-0.2, -0.15) is 0 Å². The Bertz CT molecular complexity index is 212. The fourth-order valence-corrected chi connectivity index (χ4v) is 1.50. The minimum Gasteiger partial charge on any atom is -0.462 e. The smallest absolute Gasteiger partial charge is 0.323 e. The average Bonchev–Trinajstić information content (AvgIpc) is 2.27. The first-order valence-electron chi connectivity index (χ1n) is 5.38. The van der Waals surface area contributed by atoms with Crippen LogP contribution in [0.3, 0.4) is 0 Å². The zero-order valence-corrected chi connectivity index (χ0v) is 8.98. The van der Waals surface area contributed by atoms with E-state index >= 15 is 0 Å². The van der Waals surface area contributed by atoms with E-state index < -0.39 is 6.04 Å². The van der Waals surface area contributed by atoms with Gasteiger partial charge in [0.2, 0.25) is 0 Å². The summed E-state index contributed by atoms with van der Waals surface area (Å²) in [7, 11) is 0. The predicted octanol–water partition coefficient (Wildman–Crippen LogP) is 1.00. The van der Waals surface area contributed by atoms with Gasteiger partial charge >= 0.3 is 5.97 Å². The number of hydrogen-bond acceptors (Lipinski definition) is 4. The van der Waals surface area contributed by atoms with Gasteiger partial charge in [0.05, 0.1) is 6.10 Å². The summed E-state index contributed by atoms with van der Waals surface area (Å²) in [5, 5.41) is 0. The molecule has 1 fully saturated rings. The standard InChI is InChI=1S/C11H19NO3/c1-2-5-10(12)11(13)15-8-9-6-3-4-7-14-9/h2,9-10H,1,3-8,12H2. The highest BCUT2D eigenvalue weighted by molar-refractivity contribution is 5.75. The Hall–Kier alpha value is -0.870. The lowest BCUT2D eigenvalue weighted by atomic mass is 10.1. The van der Waals surface area contributed by atoms with Crippen molar-refractivity contribution in [2.24, 2.45) is 5.73 Å². The van der Waals surface area contributed by atoms with E-state index in [4.69, 9.17) is 15.2 Å². The highest BCUT2D eigenvalue weighted by Gasteiger charge is 2.18. The van der Waals surface area contributed by atoms with Crippen molar-refractivity contribution in [2.75, 3.05) is 13.2 Å². The molecule has 0 radical (unpaired) electrons. The number of esters is 1. The fourth-order valence-electron chi connectivity index (χ4n) is 1.50. The van der Waals surface area contributed by atoms with Gasteiger partial charge in [-0.1, -0.05) is 6.08 Å². The van der Waals surface area contributed by atoms with E-state index in [-0.39, 0.29) is 12.1 Å². The molecule has 1 aliphatic heterocycles. The third-order valence-electron chi connectivity index (χ3n) is 2.41. The molecule has 0 amide bonds. The van der Waals surface area contributed by atoms with Gasteiger partial charge < -0.3 is 15.2 Å². The van der Waals surface area contributed by atoms with Crippen molar-refractivity contribution >= 4 is 5.97 Å². The molecule has 0 aromatic heterocycles. The molecular weight excluding hydrogens is 194 g/mol. The van der Waals surface area contributed by atoms with Gasteiger partial charge in [-0.05, 0) is 25.7 Å². The van der Waals surface area contributed by atoms with Gasteiger partial charge in [0.1, 0.15) is 12.6 Å². The molecule has 0 saturated carbocycles. The summed E-state index contributed by atoms with van der Waals surface area (Å²) in [6.45, 7) is 4.61. The minimum absolute atomic E-state index is 0.0543. The van der Waals surface area contributed by atoms with Crippen LogP contribution in [0.2, 0.25) is 0 Å². The molecule has 1 rings (SSSR count). The van der Waals surface area contributed by atoms with Crippen LogP contribution < -0.4 is 5.73 Å². The maximum absolute atomic E-state index is 11.3. The van der Waals surface area contributed by atoms with Gasteiger partial charge in [-0.25, -0.2) is 0 Å². The third-order valence-corrected chi connectivity index (χ3v) is 2.41. The largest absolute Gasteiger partial charge is 0.462 e. The normalized spacial score (nSPS) is 23.1. The SMILES string of the molecule is C=CCC(N)C(=O)OCC1CCCCO1. The molecule has 86 valence electrons. The molecule has 1 heterocycles. The summed E-state index contributed by atoms with van der Waals surface area (Å²) in [6, 6.07) is -0.592. The van der Waals surface area contributed by atoms with E-state index in [1.165, 1.54) is 0 Å². The van der Waals surface area contributed by atoms with Crippen molar-refractivity contribution in [1.29, 1.82) is 0 Å². The number of nitrogens with two attached hydrogens (primary N) is 1. The zero-order chi connectivity index (χ0) is 11.1. The molecule has 2 atom stereocenters. The van der Waals surface area contributed by atoms with Crippen molar-refractivity contribution in [3.63, 3.8) is 0 Å². The monoisotopic (exact) mass is 213 g/mol. The summed E-state index contributed by atoms with van der Waals surface area (Å²) in [6.07, 6.45) is 5.32.